The zero-order valence-corrected chi connectivity index (χ0v) is 9.42. The van der Waals surface area contributed by atoms with Crippen molar-refractivity contribution in [1.82, 2.24) is 9.80 Å². The van der Waals surface area contributed by atoms with Gasteiger partial charge in [-0.25, -0.2) is 0 Å². The monoisotopic (exact) mass is 184 g/mol. The molecule has 0 unspecified atom stereocenters. The summed E-state index contributed by atoms with van der Waals surface area (Å²) in [6, 6.07) is 0.845. The fraction of sp³-hybridized carbons (Fsp3) is 1.00. The Morgan fingerprint density at radius 3 is 2.31 bits per heavy atom. The van der Waals surface area contributed by atoms with Gasteiger partial charge in [-0.2, -0.15) is 0 Å². The normalized spacial score (nSPS) is 21.2. The fourth-order valence-corrected chi connectivity index (χ4v) is 2.16. The molecule has 0 aromatic heterocycles. The van der Waals surface area contributed by atoms with E-state index in [0.717, 1.165) is 6.04 Å². The molecule has 1 fully saturated rings. The second-order valence-electron chi connectivity index (χ2n) is 4.15. The first-order valence-electron chi connectivity index (χ1n) is 5.70. The predicted octanol–water partition coefficient (Wildman–Crippen LogP) is 1.81. The summed E-state index contributed by atoms with van der Waals surface area (Å²) in [5.41, 5.74) is 0. The molecular weight excluding hydrogens is 160 g/mol. The van der Waals surface area contributed by atoms with E-state index in [-0.39, 0.29) is 0 Å². The summed E-state index contributed by atoms with van der Waals surface area (Å²) in [6.07, 6.45) is 4.03. The van der Waals surface area contributed by atoms with Gasteiger partial charge in [0.2, 0.25) is 0 Å². The van der Waals surface area contributed by atoms with Crippen molar-refractivity contribution in [2.75, 3.05) is 33.2 Å². The van der Waals surface area contributed by atoms with Crippen LogP contribution in [0.4, 0.5) is 0 Å². The van der Waals surface area contributed by atoms with E-state index in [1.807, 2.05) is 0 Å². The zero-order chi connectivity index (χ0) is 9.68. The van der Waals surface area contributed by atoms with Gasteiger partial charge in [0.1, 0.15) is 0 Å². The summed E-state index contributed by atoms with van der Waals surface area (Å²) in [5, 5.41) is 0. The number of likely N-dealkylation sites (tertiary alicyclic amines) is 1. The summed E-state index contributed by atoms with van der Waals surface area (Å²) in [4.78, 5) is 5.09. The Morgan fingerprint density at radius 2 is 1.85 bits per heavy atom. The summed E-state index contributed by atoms with van der Waals surface area (Å²) in [5.74, 6) is 0. The third kappa shape index (κ3) is 3.28. The molecule has 1 aliphatic rings. The van der Waals surface area contributed by atoms with Crippen LogP contribution in [0, 0.1) is 0 Å². The van der Waals surface area contributed by atoms with E-state index < -0.39 is 0 Å². The first-order valence-corrected chi connectivity index (χ1v) is 5.70. The number of nitrogens with zero attached hydrogens (tertiary/aromatic N) is 2. The van der Waals surface area contributed by atoms with Gasteiger partial charge in [0.25, 0.3) is 0 Å². The van der Waals surface area contributed by atoms with Crippen LogP contribution in [0.3, 0.4) is 0 Å². The molecule has 78 valence electrons. The molecule has 1 aliphatic heterocycles. The van der Waals surface area contributed by atoms with Crippen molar-refractivity contribution >= 4 is 0 Å². The van der Waals surface area contributed by atoms with E-state index in [1.54, 1.807) is 0 Å². The Balaban J connectivity index is 2.22. The topological polar surface area (TPSA) is 6.48 Å². The molecule has 0 aromatic carbocycles. The molecule has 0 amide bonds. The van der Waals surface area contributed by atoms with Gasteiger partial charge in [-0.1, -0.05) is 13.8 Å². The van der Waals surface area contributed by atoms with Gasteiger partial charge in [-0.05, 0) is 52.5 Å². The highest BCUT2D eigenvalue weighted by molar-refractivity contribution is 4.77. The quantitative estimate of drug-likeness (QED) is 0.657. The van der Waals surface area contributed by atoms with E-state index in [1.165, 1.54) is 45.4 Å². The molecule has 13 heavy (non-hydrogen) atoms. The average Bonchev–Trinajstić information content (AvgIpc) is 2.18. The van der Waals surface area contributed by atoms with Crippen LogP contribution in [-0.4, -0.2) is 49.1 Å². The molecular formula is C11H24N2. The van der Waals surface area contributed by atoms with Crippen molar-refractivity contribution in [3.05, 3.63) is 0 Å². The van der Waals surface area contributed by atoms with E-state index in [9.17, 15) is 0 Å². The molecule has 1 saturated heterocycles. The lowest BCUT2D eigenvalue weighted by Gasteiger charge is -2.36. The van der Waals surface area contributed by atoms with Crippen LogP contribution in [0.5, 0.6) is 0 Å². The second kappa shape index (κ2) is 5.61. The first kappa shape index (κ1) is 11.0. The first-order chi connectivity index (χ1) is 6.27. The van der Waals surface area contributed by atoms with Gasteiger partial charge < -0.3 is 9.80 Å². The van der Waals surface area contributed by atoms with Crippen molar-refractivity contribution in [2.45, 2.75) is 39.2 Å². The number of rotatable bonds is 4. The summed E-state index contributed by atoms with van der Waals surface area (Å²) < 4.78 is 0. The molecule has 0 atom stereocenters. The highest BCUT2D eigenvalue weighted by Crippen LogP contribution is 2.14. The van der Waals surface area contributed by atoms with E-state index in [0.29, 0.717) is 0 Å². The Morgan fingerprint density at radius 1 is 1.23 bits per heavy atom. The predicted molar refractivity (Wildman–Crippen MR) is 58.1 cm³/mol. The third-order valence-electron chi connectivity index (χ3n) is 3.22. The molecule has 1 heterocycles. The number of hydrogen-bond donors (Lipinski definition) is 0. The van der Waals surface area contributed by atoms with E-state index in [2.05, 4.69) is 30.7 Å². The lowest BCUT2D eigenvalue weighted by Crippen LogP contribution is -2.43. The largest absolute Gasteiger partial charge is 0.304 e. The summed E-state index contributed by atoms with van der Waals surface area (Å²) in [6.45, 7) is 9.62. The minimum atomic E-state index is 0.845. The van der Waals surface area contributed by atoms with Crippen molar-refractivity contribution in [3.8, 4) is 0 Å². The maximum Gasteiger partial charge on any atom is 0.0116 e. The van der Waals surface area contributed by atoms with Gasteiger partial charge in [-0.3, -0.25) is 0 Å². The SMILES string of the molecule is CCCN1CCC(N(C)CC)CC1. The van der Waals surface area contributed by atoms with E-state index in [4.69, 9.17) is 0 Å². The van der Waals surface area contributed by atoms with Gasteiger partial charge in [-0.15, -0.1) is 0 Å². The molecule has 0 aliphatic carbocycles. The molecule has 0 bridgehead atoms. The maximum absolute atomic E-state index is 2.60. The minimum absolute atomic E-state index is 0.845. The van der Waals surface area contributed by atoms with Crippen LogP contribution < -0.4 is 0 Å². The molecule has 0 aromatic rings. The van der Waals surface area contributed by atoms with Crippen LogP contribution in [0.25, 0.3) is 0 Å². The van der Waals surface area contributed by atoms with E-state index >= 15 is 0 Å². The Hall–Kier alpha value is -0.0800. The van der Waals surface area contributed by atoms with Crippen LogP contribution in [0.1, 0.15) is 33.1 Å². The van der Waals surface area contributed by atoms with Crippen molar-refractivity contribution in [1.29, 1.82) is 0 Å². The second-order valence-corrected chi connectivity index (χ2v) is 4.15. The van der Waals surface area contributed by atoms with Crippen molar-refractivity contribution in [3.63, 3.8) is 0 Å². The number of hydrogen-bond acceptors (Lipinski definition) is 2. The van der Waals surface area contributed by atoms with Gasteiger partial charge >= 0.3 is 0 Å². The van der Waals surface area contributed by atoms with Crippen LogP contribution >= 0.6 is 0 Å². The maximum atomic E-state index is 2.60. The van der Waals surface area contributed by atoms with Crippen LogP contribution in [-0.2, 0) is 0 Å². The molecule has 0 saturated carbocycles. The Labute approximate surface area is 82.9 Å². The lowest BCUT2D eigenvalue weighted by molar-refractivity contribution is 0.132. The molecule has 2 heteroatoms. The van der Waals surface area contributed by atoms with Crippen LogP contribution in [0.15, 0.2) is 0 Å². The van der Waals surface area contributed by atoms with Gasteiger partial charge in [0, 0.05) is 6.04 Å². The highest BCUT2D eigenvalue weighted by Gasteiger charge is 2.20. The summed E-state index contributed by atoms with van der Waals surface area (Å²) in [7, 11) is 2.25. The molecule has 0 N–H and O–H groups in total. The summed E-state index contributed by atoms with van der Waals surface area (Å²) >= 11 is 0. The number of piperidine rings is 1. The highest BCUT2D eigenvalue weighted by atomic mass is 15.2. The smallest absolute Gasteiger partial charge is 0.0116 e. The van der Waals surface area contributed by atoms with Gasteiger partial charge in [0.05, 0.1) is 0 Å². The van der Waals surface area contributed by atoms with Crippen molar-refractivity contribution in [2.24, 2.45) is 0 Å². The fourth-order valence-electron chi connectivity index (χ4n) is 2.16. The Bertz CT molecular complexity index is 128. The average molecular weight is 184 g/mol. The molecule has 0 spiro atoms. The molecule has 2 nitrogen and oxygen atoms in total. The standard InChI is InChI=1S/C11H24N2/c1-4-8-13-9-6-11(7-10-13)12(3)5-2/h11H,4-10H2,1-3H3. The third-order valence-corrected chi connectivity index (χ3v) is 3.22. The van der Waals surface area contributed by atoms with Crippen LogP contribution in [0.2, 0.25) is 0 Å². The Kier molecular flexibility index (Phi) is 4.74. The van der Waals surface area contributed by atoms with Gasteiger partial charge in [0.15, 0.2) is 0 Å². The molecule has 0 radical (unpaired) electrons. The molecule has 1 rings (SSSR count). The van der Waals surface area contributed by atoms with Crippen molar-refractivity contribution < 1.29 is 0 Å². The lowest BCUT2D eigenvalue weighted by atomic mass is 10.0. The zero-order valence-electron chi connectivity index (χ0n) is 9.42. The minimum Gasteiger partial charge on any atom is -0.304 e.